The van der Waals surface area contributed by atoms with Crippen LogP contribution in [0.4, 0.5) is 0 Å². The Bertz CT molecular complexity index is 1270. The maximum atomic E-state index is 5.86. The number of nitrogens with zero attached hydrogens (tertiary/aromatic N) is 1. The molecule has 2 aromatic carbocycles. The predicted molar refractivity (Wildman–Crippen MR) is 133 cm³/mol. The van der Waals surface area contributed by atoms with Crippen molar-refractivity contribution < 1.29 is 23.5 Å². The zero-order valence-electron chi connectivity index (χ0n) is 20.1. The minimum absolute atomic E-state index is 0.102. The van der Waals surface area contributed by atoms with E-state index in [1.54, 1.807) is 14.2 Å². The van der Waals surface area contributed by atoms with Gasteiger partial charge in [0.15, 0.2) is 35.3 Å². The molecule has 5 nitrogen and oxygen atoms in total. The van der Waals surface area contributed by atoms with Gasteiger partial charge in [0.2, 0.25) is 6.79 Å². The molecule has 2 aromatic rings. The highest BCUT2D eigenvalue weighted by atomic mass is 16.7. The minimum atomic E-state index is 0.102. The molecule has 1 saturated heterocycles. The molecule has 0 saturated carbocycles. The van der Waals surface area contributed by atoms with E-state index >= 15 is 0 Å². The molecule has 2 unspecified atom stereocenters. The average molecular weight is 457 g/mol. The first-order chi connectivity index (χ1) is 16.5. The number of ether oxygens (including phenoxy) is 4. The molecule has 2 aliphatic heterocycles. The number of hydrogen-bond acceptors (Lipinski definition) is 4. The van der Waals surface area contributed by atoms with Crippen LogP contribution in [0.2, 0.25) is 0 Å². The SMILES string of the molecule is C=C1OCOC1=C1C=[N+](C)C2c3cc(OC)c(OC)cc3C=C(Cc3ccccc3)C2C1=CC. The summed E-state index contributed by atoms with van der Waals surface area (Å²) in [5.74, 6) is 2.90. The molecular formula is C29H30NO4+. The monoisotopic (exact) mass is 456 g/mol. The van der Waals surface area contributed by atoms with E-state index in [9.17, 15) is 0 Å². The molecule has 5 rings (SSSR count). The number of methoxy groups -OCH3 is 2. The van der Waals surface area contributed by atoms with Crippen molar-refractivity contribution >= 4 is 12.3 Å². The van der Waals surface area contributed by atoms with Gasteiger partial charge in [-0.3, -0.25) is 0 Å². The Morgan fingerprint density at radius 3 is 2.47 bits per heavy atom. The number of benzene rings is 2. The summed E-state index contributed by atoms with van der Waals surface area (Å²) in [6.07, 6.45) is 7.51. The minimum Gasteiger partial charge on any atom is -0.493 e. The highest BCUT2D eigenvalue weighted by molar-refractivity contribution is 5.86. The Morgan fingerprint density at radius 2 is 1.82 bits per heavy atom. The maximum Gasteiger partial charge on any atom is 0.231 e. The molecular weight excluding hydrogens is 426 g/mol. The normalized spacial score (nSPS) is 24.5. The summed E-state index contributed by atoms with van der Waals surface area (Å²) in [6.45, 7) is 6.35. The van der Waals surface area contributed by atoms with E-state index in [0.29, 0.717) is 5.76 Å². The highest BCUT2D eigenvalue weighted by Gasteiger charge is 2.45. The van der Waals surface area contributed by atoms with Crippen LogP contribution in [0.5, 0.6) is 11.5 Å². The van der Waals surface area contributed by atoms with E-state index in [4.69, 9.17) is 18.9 Å². The van der Waals surface area contributed by atoms with Crippen LogP contribution in [0.25, 0.3) is 6.08 Å². The van der Waals surface area contributed by atoms with E-state index < -0.39 is 0 Å². The number of hydrogen-bond donors (Lipinski definition) is 0. The summed E-state index contributed by atoms with van der Waals surface area (Å²) in [6, 6.07) is 14.9. The van der Waals surface area contributed by atoms with Crippen molar-refractivity contribution in [1.82, 2.24) is 0 Å². The van der Waals surface area contributed by atoms with E-state index in [2.05, 4.69) is 86.0 Å². The average Bonchev–Trinajstić information content (AvgIpc) is 3.29. The van der Waals surface area contributed by atoms with Gasteiger partial charge in [0.05, 0.1) is 25.7 Å². The molecule has 1 fully saturated rings. The number of allylic oxidation sites excluding steroid dienone is 2. The van der Waals surface area contributed by atoms with Crippen molar-refractivity contribution in [3.63, 3.8) is 0 Å². The number of fused-ring (bicyclic) bond motifs is 3. The topological polar surface area (TPSA) is 39.9 Å². The maximum absolute atomic E-state index is 5.86. The van der Waals surface area contributed by atoms with Crippen molar-refractivity contribution in [2.24, 2.45) is 5.92 Å². The standard InChI is InChI=1S/C29H30NO4/c1-6-22-24(29-18(2)33-17-34-29)16-30(3)28-23-15-26(32-5)25(31-4)14-20(23)13-21(27(22)28)12-19-10-8-7-9-11-19/h6-11,13-16,27-28H,2,12,17H2,1,3-5H3/q+1. The lowest BCUT2D eigenvalue weighted by Gasteiger charge is -2.36. The number of rotatable bonds is 4. The third-order valence-electron chi connectivity index (χ3n) is 6.88. The molecule has 2 atom stereocenters. The van der Waals surface area contributed by atoms with Crippen molar-refractivity contribution in [2.45, 2.75) is 19.4 Å². The van der Waals surface area contributed by atoms with Gasteiger partial charge >= 0.3 is 0 Å². The molecule has 3 aliphatic rings. The van der Waals surface area contributed by atoms with Gasteiger partial charge in [0.1, 0.15) is 7.05 Å². The summed E-state index contributed by atoms with van der Waals surface area (Å²) >= 11 is 0. The second-order valence-corrected chi connectivity index (χ2v) is 8.75. The van der Waals surface area contributed by atoms with Gasteiger partial charge in [-0.25, -0.2) is 4.58 Å². The molecule has 0 amide bonds. The zero-order chi connectivity index (χ0) is 23.8. The summed E-state index contributed by atoms with van der Waals surface area (Å²) in [4.78, 5) is 0. The van der Waals surface area contributed by atoms with Gasteiger partial charge in [-0.1, -0.05) is 54.6 Å². The van der Waals surface area contributed by atoms with E-state index in [-0.39, 0.29) is 18.8 Å². The summed E-state index contributed by atoms with van der Waals surface area (Å²) in [5.41, 5.74) is 7.23. The molecule has 0 spiro atoms. The third kappa shape index (κ3) is 3.61. The van der Waals surface area contributed by atoms with Gasteiger partial charge in [0.25, 0.3) is 0 Å². The predicted octanol–water partition coefficient (Wildman–Crippen LogP) is 5.45. The lowest BCUT2D eigenvalue weighted by atomic mass is 9.70. The van der Waals surface area contributed by atoms with Gasteiger partial charge in [-0.05, 0) is 42.2 Å². The van der Waals surface area contributed by atoms with E-state index in [1.807, 2.05) is 0 Å². The molecule has 0 bridgehead atoms. The van der Waals surface area contributed by atoms with Crippen LogP contribution in [0.3, 0.4) is 0 Å². The van der Waals surface area contributed by atoms with Gasteiger partial charge < -0.3 is 18.9 Å². The first-order valence-electron chi connectivity index (χ1n) is 11.5. The Balaban J connectivity index is 1.74. The molecule has 5 heteroatoms. The lowest BCUT2D eigenvalue weighted by molar-refractivity contribution is -0.548. The molecule has 0 aromatic heterocycles. The first-order valence-corrected chi connectivity index (χ1v) is 11.5. The molecule has 0 N–H and O–H groups in total. The third-order valence-corrected chi connectivity index (χ3v) is 6.88. The van der Waals surface area contributed by atoms with Crippen LogP contribution in [0.15, 0.2) is 83.4 Å². The van der Waals surface area contributed by atoms with Crippen LogP contribution in [0.1, 0.15) is 29.7 Å². The Labute approximate surface area is 200 Å². The van der Waals surface area contributed by atoms with Crippen molar-refractivity contribution in [2.75, 3.05) is 28.1 Å². The second kappa shape index (κ2) is 8.90. The summed E-state index contributed by atoms with van der Waals surface area (Å²) in [5, 5.41) is 0. The van der Waals surface area contributed by atoms with Crippen molar-refractivity contribution in [3.05, 3.63) is 100 Å². The smallest absolute Gasteiger partial charge is 0.231 e. The largest absolute Gasteiger partial charge is 0.493 e. The Kier molecular flexibility index (Phi) is 5.78. The molecule has 0 radical (unpaired) electrons. The zero-order valence-corrected chi connectivity index (χ0v) is 20.1. The van der Waals surface area contributed by atoms with Crippen LogP contribution in [0, 0.1) is 5.92 Å². The molecule has 174 valence electrons. The van der Waals surface area contributed by atoms with Crippen LogP contribution >= 0.6 is 0 Å². The van der Waals surface area contributed by atoms with Crippen LogP contribution < -0.4 is 9.47 Å². The molecule has 34 heavy (non-hydrogen) atoms. The van der Waals surface area contributed by atoms with Crippen LogP contribution in [-0.2, 0) is 15.9 Å². The van der Waals surface area contributed by atoms with Gasteiger partial charge in [-0.2, -0.15) is 0 Å². The molecule has 1 aliphatic carbocycles. The Morgan fingerprint density at radius 1 is 1.09 bits per heavy atom. The fourth-order valence-corrected chi connectivity index (χ4v) is 5.36. The summed E-state index contributed by atoms with van der Waals surface area (Å²) < 4.78 is 25.0. The second-order valence-electron chi connectivity index (χ2n) is 8.75. The van der Waals surface area contributed by atoms with Gasteiger partial charge in [0, 0.05) is 5.56 Å². The van der Waals surface area contributed by atoms with Crippen molar-refractivity contribution in [3.8, 4) is 11.5 Å². The fraction of sp³-hybridized carbons (Fsp3) is 0.276. The molecule has 2 heterocycles. The lowest BCUT2D eigenvalue weighted by Crippen LogP contribution is -2.36. The summed E-state index contributed by atoms with van der Waals surface area (Å²) in [7, 11) is 5.48. The van der Waals surface area contributed by atoms with Gasteiger partial charge in [-0.15, -0.1) is 0 Å². The Hall–Kier alpha value is -3.73. The van der Waals surface area contributed by atoms with E-state index in [1.165, 1.54) is 22.3 Å². The fourth-order valence-electron chi connectivity index (χ4n) is 5.36. The van der Waals surface area contributed by atoms with Crippen LogP contribution in [-0.4, -0.2) is 38.9 Å². The highest BCUT2D eigenvalue weighted by Crippen LogP contribution is 2.50. The first kappa shape index (κ1) is 22.1. The van der Waals surface area contributed by atoms with Crippen molar-refractivity contribution in [1.29, 1.82) is 0 Å². The van der Waals surface area contributed by atoms with E-state index in [0.717, 1.165) is 34.8 Å². The quantitative estimate of drug-likeness (QED) is 0.574.